The molecule has 3 N–H and O–H groups in total. The van der Waals surface area contributed by atoms with Crippen molar-refractivity contribution in [1.82, 2.24) is 19.4 Å². The highest BCUT2D eigenvalue weighted by atomic mass is 16.2. The minimum Gasteiger partial charge on any atom is -0.368 e. The van der Waals surface area contributed by atoms with E-state index in [-0.39, 0.29) is 23.1 Å². The molecule has 3 aromatic rings. The van der Waals surface area contributed by atoms with Crippen LogP contribution in [0.3, 0.4) is 0 Å². The third-order valence-corrected chi connectivity index (χ3v) is 4.47. The van der Waals surface area contributed by atoms with Gasteiger partial charge in [-0.3, -0.25) is 23.5 Å². The standard InChI is InChI=1S/C19H19N5O4/c1-23-16-12(18(27)24(2)19(23)28)8-9-13(21-16)17(26)22-14(15(20)25)10-11-6-4-3-5-7-11/h3-9,14H,10H2,1-2H3,(H2,20,25)(H,22,26). The lowest BCUT2D eigenvalue weighted by Crippen LogP contribution is -2.46. The van der Waals surface area contributed by atoms with Gasteiger partial charge in [-0.15, -0.1) is 0 Å². The van der Waals surface area contributed by atoms with Gasteiger partial charge in [-0.1, -0.05) is 30.3 Å². The monoisotopic (exact) mass is 381 g/mol. The number of aryl methyl sites for hydroxylation is 1. The average molecular weight is 381 g/mol. The van der Waals surface area contributed by atoms with Crippen LogP contribution >= 0.6 is 0 Å². The number of benzene rings is 1. The van der Waals surface area contributed by atoms with Crippen LogP contribution in [0.25, 0.3) is 11.0 Å². The minimum atomic E-state index is -0.931. The zero-order chi connectivity index (χ0) is 20.4. The van der Waals surface area contributed by atoms with Gasteiger partial charge in [0.25, 0.3) is 11.5 Å². The fourth-order valence-electron chi connectivity index (χ4n) is 2.89. The molecule has 1 unspecified atom stereocenters. The highest BCUT2D eigenvalue weighted by Crippen LogP contribution is 2.08. The van der Waals surface area contributed by atoms with E-state index in [1.54, 1.807) is 0 Å². The Morgan fingerprint density at radius 3 is 2.39 bits per heavy atom. The number of pyridine rings is 1. The van der Waals surface area contributed by atoms with Gasteiger partial charge in [0.1, 0.15) is 17.4 Å². The quantitative estimate of drug-likeness (QED) is 0.613. The van der Waals surface area contributed by atoms with Crippen LogP contribution in [0.15, 0.2) is 52.1 Å². The Bertz CT molecular complexity index is 1180. The van der Waals surface area contributed by atoms with Crippen LogP contribution in [0.1, 0.15) is 16.1 Å². The number of hydrogen-bond acceptors (Lipinski definition) is 5. The SMILES string of the molecule is Cn1c(=O)c2ccc(C(=O)NC(Cc3ccccc3)C(N)=O)nc2n(C)c1=O. The Morgan fingerprint density at radius 1 is 1.07 bits per heavy atom. The number of amides is 2. The van der Waals surface area contributed by atoms with E-state index in [2.05, 4.69) is 10.3 Å². The number of nitrogens with zero attached hydrogens (tertiary/aromatic N) is 3. The summed E-state index contributed by atoms with van der Waals surface area (Å²) in [6, 6.07) is 11.0. The molecule has 0 spiro atoms. The van der Waals surface area contributed by atoms with E-state index in [0.29, 0.717) is 0 Å². The molecule has 1 atom stereocenters. The molecule has 0 bridgehead atoms. The Labute approximate surface area is 159 Å². The first-order valence-corrected chi connectivity index (χ1v) is 8.50. The molecule has 0 aliphatic heterocycles. The van der Waals surface area contributed by atoms with Crippen molar-refractivity contribution < 1.29 is 9.59 Å². The predicted octanol–water partition coefficient (Wildman–Crippen LogP) is -0.541. The second-order valence-corrected chi connectivity index (χ2v) is 6.39. The molecular weight excluding hydrogens is 362 g/mol. The van der Waals surface area contributed by atoms with Crippen molar-refractivity contribution in [3.05, 3.63) is 74.6 Å². The van der Waals surface area contributed by atoms with Gasteiger partial charge in [0.2, 0.25) is 5.91 Å². The molecule has 9 heteroatoms. The molecule has 0 aliphatic carbocycles. The number of hydrogen-bond donors (Lipinski definition) is 2. The van der Waals surface area contributed by atoms with E-state index in [1.165, 1.54) is 30.8 Å². The number of fused-ring (bicyclic) bond motifs is 1. The Morgan fingerprint density at radius 2 is 1.75 bits per heavy atom. The summed E-state index contributed by atoms with van der Waals surface area (Å²) in [5.74, 6) is -1.31. The van der Waals surface area contributed by atoms with Crippen molar-refractivity contribution in [2.24, 2.45) is 19.8 Å². The maximum atomic E-state index is 12.6. The topological polar surface area (TPSA) is 129 Å². The number of nitrogens with one attached hydrogen (secondary N) is 1. The van der Waals surface area contributed by atoms with Crippen LogP contribution in [-0.4, -0.2) is 32.0 Å². The van der Waals surface area contributed by atoms with Crippen molar-refractivity contribution in [1.29, 1.82) is 0 Å². The molecule has 0 fully saturated rings. The van der Waals surface area contributed by atoms with Gasteiger partial charge in [-0.25, -0.2) is 9.78 Å². The molecule has 144 valence electrons. The van der Waals surface area contributed by atoms with Gasteiger partial charge in [0, 0.05) is 20.5 Å². The first-order valence-electron chi connectivity index (χ1n) is 8.50. The van der Waals surface area contributed by atoms with E-state index in [4.69, 9.17) is 5.73 Å². The highest BCUT2D eigenvalue weighted by Gasteiger charge is 2.21. The molecular formula is C19H19N5O4. The molecule has 0 aliphatic rings. The predicted molar refractivity (Wildman–Crippen MR) is 103 cm³/mol. The number of rotatable bonds is 5. The summed E-state index contributed by atoms with van der Waals surface area (Å²) in [6.45, 7) is 0. The van der Waals surface area contributed by atoms with Gasteiger partial charge < -0.3 is 11.1 Å². The van der Waals surface area contributed by atoms with E-state index in [9.17, 15) is 19.2 Å². The molecule has 0 saturated carbocycles. The summed E-state index contributed by atoms with van der Waals surface area (Å²) in [5, 5.41) is 2.76. The van der Waals surface area contributed by atoms with Crippen LogP contribution in [0.4, 0.5) is 0 Å². The van der Waals surface area contributed by atoms with Gasteiger partial charge in [0.15, 0.2) is 0 Å². The van der Waals surface area contributed by atoms with Gasteiger partial charge >= 0.3 is 5.69 Å². The number of carbonyl (C=O) groups is 2. The maximum absolute atomic E-state index is 12.6. The van der Waals surface area contributed by atoms with E-state index in [1.807, 2.05) is 30.3 Å². The smallest absolute Gasteiger partial charge is 0.332 e. The number of aromatic nitrogens is 3. The van der Waals surface area contributed by atoms with Crippen molar-refractivity contribution >= 4 is 22.8 Å². The van der Waals surface area contributed by atoms with Gasteiger partial charge in [-0.05, 0) is 17.7 Å². The largest absolute Gasteiger partial charge is 0.368 e. The Hall–Kier alpha value is -3.75. The second kappa shape index (κ2) is 7.47. The molecule has 2 aromatic heterocycles. The highest BCUT2D eigenvalue weighted by molar-refractivity contribution is 5.97. The lowest BCUT2D eigenvalue weighted by atomic mass is 10.1. The number of nitrogens with two attached hydrogens (primary N) is 1. The van der Waals surface area contributed by atoms with Crippen LogP contribution in [0.5, 0.6) is 0 Å². The molecule has 3 rings (SSSR count). The minimum absolute atomic E-state index is 0.0323. The zero-order valence-electron chi connectivity index (χ0n) is 15.4. The van der Waals surface area contributed by atoms with Crippen LogP contribution in [0, 0.1) is 0 Å². The number of carbonyl (C=O) groups excluding carboxylic acids is 2. The summed E-state index contributed by atoms with van der Waals surface area (Å²) in [6.07, 6.45) is 0.231. The van der Waals surface area contributed by atoms with Gasteiger partial charge in [0.05, 0.1) is 5.39 Å². The summed E-state index contributed by atoms with van der Waals surface area (Å²) in [4.78, 5) is 52.8. The van der Waals surface area contributed by atoms with Crippen LogP contribution in [-0.2, 0) is 25.3 Å². The summed E-state index contributed by atoms with van der Waals surface area (Å²) < 4.78 is 2.15. The molecule has 2 amide bonds. The maximum Gasteiger partial charge on any atom is 0.332 e. The molecule has 2 heterocycles. The van der Waals surface area contributed by atoms with Crippen LogP contribution < -0.4 is 22.3 Å². The van der Waals surface area contributed by atoms with Crippen molar-refractivity contribution in [2.45, 2.75) is 12.5 Å². The third-order valence-electron chi connectivity index (χ3n) is 4.47. The van der Waals surface area contributed by atoms with Crippen LogP contribution in [0.2, 0.25) is 0 Å². The van der Waals surface area contributed by atoms with E-state index >= 15 is 0 Å². The van der Waals surface area contributed by atoms with Crippen molar-refractivity contribution in [2.75, 3.05) is 0 Å². The average Bonchev–Trinajstić information content (AvgIpc) is 2.70. The Kier molecular flexibility index (Phi) is 5.08. The lowest BCUT2D eigenvalue weighted by Gasteiger charge is -2.15. The number of primary amides is 1. The normalized spacial score (nSPS) is 11.9. The van der Waals surface area contributed by atoms with Crippen molar-refractivity contribution in [3.8, 4) is 0 Å². The summed E-state index contributed by atoms with van der Waals surface area (Å²) in [7, 11) is 2.83. The molecule has 1 aromatic carbocycles. The van der Waals surface area contributed by atoms with Gasteiger partial charge in [-0.2, -0.15) is 0 Å². The molecule has 28 heavy (non-hydrogen) atoms. The molecule has 0 radical (unpaired) electrons. The first kappa shape index (κ1) is 19.0. The third kappa shape index (κ3) is 3.54. The Balaban J connectivity index is 1.93. The fraction of sp³-hybridized carbons (Fsp3) is 0.211. The molecule has 0 saturated heterocycles. The zero-order valence-corrected chi connectivity index (χ0v) is 15.4. The first-order chi connectivity index (χ1) is 13.3. The molecule has 9 nitrogen and oxygen atoms in total. The lowest BCUT2D eigenvalue weighted by molar-refractivity contribution is -0.119. The second-order valence-electron chi connectivity index (χ2n) is 6.39. The van der Waals surface area contributed by atoms with E-state index < -0.39 is 29.1 Å². The summed E-state index contributed by atoms with van der Waals surface area (Å²) in [5.41, 5.74) is 5.25. The summed E-state index contributed by atoms with van der Waals surface area (Å²) >= 11 is 0. The van der Waals surface area contributed by atoms with E-state index in [0.717, 1.165) is 10.1 Å². The fourth-order valence-corrected chi connectivity index (χ4v) is 2.89. The van der Waals surface area contributed by atoms with Crippen molar-refractivity contribution in [3.63, 3.8) is 0 Å².